The highest BCUT2D eigenvalue weighted by Gasteiger charge is 2.31. The van der Waals surface area contributed by atoms with Gasteiger partial charge in [-0.05, 0) is 29.3 Å². The first-order chi connectivity index (χ1) is 13.6. The fourth-order valence-electron chi connectivity index (χ4n) is 3.45. The number of thiophene rings is 1. The third-order valence-corrected chi connectivity index (χ3v) is 5.81. The molecule has 0 unspecified atom stereocenters. The molecule has 2 aromatic heterocycles. The van der Waals surface area contributed by atoms with Crippen molar-refractivity contribution in [3.05, 3.63) is 71.7 Å². The number of aromatic nitrogens is 1. The number of hydrogen-bond donors (Lipinski definition) is 2. The van der Waals surface area contributed by atoms with Gasteiger partial charge in [-0.15, -0.1) is 11.3 Å². The van der Waals surface area contributed by atoms with Gasteiger partial charge in [0.1, 0.15) is 9.71 Å². The first-order valence-corrected chi connectivity index (χ1v) is 9.43. The van der Waals surface area contributed by atoms with E-state index >= 15 is 0 Å². The van der Waals surface area contributed by atoms with Crippen molar-refractivity contribution in [2.24, 2.45) is 5.73 Å². The van der Waals surface area contributed by atoms with Crippen molar-refractivity contribution < 1.29 is 9.59 Å². The van der Waals surface area contributed by atoms with Gasteiger partial charge in [0, 0.05) is 6.20 Å². The zero-order valence-corrected chi connectivity index (χ0v) is 15.4. The molecule has 0 bridgehead atoms. The highest BCUT2D eigenvalue weighted by Crippen LogP contribution is 2.45. The van der Waals surface area contributed by atoms with E-state index in [4.69, 9.17) is 5.73 Å². The molecule has 0 saturated heterocycles. The Labute approximate surface area is 164 Å². The number of urea groups is 1. The first kappa shape index (κ1) is 16.5. The summed E-state index contributed by atoms with van der Waals surface area (Å²) in [6.45, 7) is 0. The molecule has 0 aliphatic carbocycles. The molecule has 5 rings (SSSR count). The highest BCUT2D eigenvalue weighted by molar-refractivity contribution is 7.21. The third kappa shape index (κ3) is 2.44. The van der Waals surface area contributed by atoms with E-state index in [1.165, 1.54) is 11.3 Å². The number of benzene rings is 2. The third-order valence-electron chi connectivity index (χ3n) is 4.70. The number of pyridine rings is 1. The van der Waals surface area contributed by atoms with Gasteiger partial charge in [0.25, 0.3) is 5.91 Å². The van der Waals surface area contributed by atoms with E-state index in [1.807, 2.05) is 54.6 Å². The summed E-state index contributed by atoms with van der Waals surface area (Å²) in [5.41, 5.74) is 9.49. The summed E-state index contributed by atoms with van der Waals surface area (Å²) in [7, 11) is 0. The number of nitrogens with one attached hydrogen (secondary N) is 1. The lowest BCUT2D eigenvalue weighted by Crippen LogP contribution is -2.34. The smallest absolute Gasteiger partial charge is 0.331 e. The molecule has 0 saturated carbocycles. The maximum Gasteiger partial charge on any atom is 0.331 e. The summed E-state index contributed by atoms with van der Waals surface area (Å²) in [4.78, 5) is 31.5. The molecule has 3 N–H and O–H groups in total. The predicted molar refractivity (Wildman–Crippen MR) is 111 cm³/mol. The Morgan fingerprint density at radius 3 is 2.43 bits per heavy atom. The number of primary amides is 1. The van der Waals surface area contributed by atoms with Gasteiger partial charge in [-0.25, -0.2) is 9.78 Å². The van der Waals surface area contributed by atoms with Crippen molar-refractivity contribution in [3.63, 3.8) is 0 Å². The summed E-state index contributed by atoms with van der Waals surface area (Å²) in [5, 5.41) is 3.54. The molecular weight excluding hydrogens is 372 g/mol. The Morgan fingerprint density at radius 2 is 1.71 bits per heavy atom. The van der Waals surface area contributed by atoms with Gasteiger partial charge < -0.3 is 11.1 Å². The summed E-state index contributed by atoms with van der Waals surface area (Å²) in [6, 6.07) is 19.2. The van der Waals surface area contributed by atoms with Crippen LogP contribution in [0.1, 0.15) is 9.67 Å². The Bertz CT molecular complexity index is 1230. The lowest BCUT2D eigenvalue weighted by atomic mass is 10.0. The minimum absolute atomic E-state index is 0.308. The fraction of sp³-hybridized carbons (Fsp3) is 0. The van der Waals surface area contributed by atoms with Crippen LogP contribution < -0.4 is 16.0 Å². The quantitative estimate of drug-likeness (QED) is 0.533. The molecule has 28 heavy (non-hydrogen) atoms. The molecule has 3 heterocycles. The minimum Gasteiger partial charge on any atom is -0.365 e. The van der Waals surface area contributed by atoms with Gasteiger partial charge >= 0.3 is 6.03 Å². The van der Waals surface area contributed by atoms with Crippen molar-refractivity contribution in [2.75, 3.05) is 10.2 Å². The molecular formula is C21H14N4O2S. The largest absolute Gasteiger partial charge is 0.365 e. The summed E-state index contributed by atoms with van der Waals surface area (Å²) in [5.74, 6) is -0.579. The number of nitrogens with two attached hydrogens (primary N) is 1. The lowest BCUT2D eigenvalue weighted by molar-refractivity contribution is 0.100. The molecule has 0 fully saturated rings. The Balaban J connectivity index is 1.63. The van der Waals surface area contributed by atoms with Gasteiger partial charge in [-0.3, -0.25) is 9.69 Å². The number of hydrogen-bond acceptors (Lipinski definition) is 4. The SMILES string of the molecule is NC(=O)c1sc2nccc3c2c1NC(=O)N3c1ccc(-c2ccccc2)cc1. The van der Waals surface area contributed by atoms with Crippen LogP contribution in [0.25, 0.3) is 21.3 Å². The maximum atomic E-state index is 12.9. The second-order valence-electron chi connectivity index (χ2n) is 6.36. The van der Waals surface area contributed by atoms with Crippen molar-refractivity contribution in [2.45, 2.75) is 0 Å². The van der Waals surface area contributed by atoms with Gasteiger partial charge in [0.15, 0.2) is 0 Å². The van der Waals surface area contributed by atoms with Crippen molar-refractivity contribution in [3.8, 4) is 11.1 Å². The molecule has 7 heteroatoms. The van der Waals surface area contributed by atoms with Crippen LogP contribution in [0.5, 0.6) is 0 Å². The molecule has 2 aromatic carbocycles. The lowest BCUT2D eigenvalue weighted by Gasteiger charge is -2.28. The number of carbonyl (C=O) groups is 2. The van der Waals surface area contributed by atoms with Crippen LogP contribution in [0.3, 0.4) is 0 Å². The first-order valence-electron chi connectivity index (χ1n) is 8.61. The van der Waals surface area contributed by atoms with E-state index in [-0.39, 0.29) is 6.03 Å². The van der Waals surface area contributed by atoms with Crippen LogP contribution in [-0.4, -0.2) is 16.9 Å². The maximum absolute atomic E-state index is 12.9. The van der Waals surface area contributed by atoms with Gasteiger partial charge in [-0.1, -0.05) is 42.5 Å². The van der Waals surface area contributed by atoms with E-state index in [2.05, 4.69) is 10.3 Å². The molecule has 0 spiro atoms. The standard InChI is InChI=1S/C21H14N4O2S/c22-19(26)18-17-16-15(10-11-23-20(16)28-18)25(21(27)24-17)14-8-6-13(7-9-14)12-4-2-1-3-5-12/h1-11H,(H2,22,26)(H,24,27). The summed E-state index contributed by atoms with van der Waals surface area (Å²) in [6.07, 6.45) is 1.63. The normalized spacial score (nSPS) is 12.9. The van der Waals surface area contributed by atoms with Crippen LogP contribution >= 0.6 is 11.3 Å². The van der Waals surface area contributed by atoms with E-state index in [0.717, 1.165) is 22.2 Å². The van der Waals surface area contributed by atoms with Crippen LogP contribution in [0.15, 0.2) is 66.9 Å². The van der Waals surface area contributed by atoms with E-state index < -0.39 is 5.91 Å². The molecule has 6 nitrogen and oxygen atoms in total. The molecule has 1 aliphatic rings. The molecule has 1 aliphatic heterocycles. The van der Waals surface area contributed by atoms with Gasteiger partial charge in [0.05, 0.1) is 22.4 Å². The Hall–Kier alpha value is -3.71. The fourth-order valence-corrected chi connectivity index (χ4v) is 4.42. The van der Waals surface area contributed by atoms with E-state index in [0.29, 0.717) is 21.1 Å². The number of amides is 3. The van der Waals surface area contributed by atoms with Crippen molar-refractivity contribution in [1.82, 2.24) is 4.98 Å². The van der Waals surface area contributed by atoms with Crippen molar-refractivity contribution >= 4 is 50.6 Å². The second kappa shape index (κ2) is 6.17. The number of carbonyl (C=O) groups excluding carboxylic acids is 2. The predicted octanol–water partition coefficient (Wildman–Crippen LogP) is 4.75. The van der Waals surface area contributed by atoms with Crippen LogP contribution in [-0.2, 0) is 0 Å². The number of rotatable bonds is 3. The van der Waals surface area contributed by atoms with E-state index in [1.54, 1.807) is 17.2 Å². The number of anilines is 3. The van der Waals surface area contributed by atoms with Gasteiger partial charge in [-0.2, -0.15) is 0 Å². The average Bonchev–Trinajstić information content (AvgIpc) is 3.09. The zero-order valence-electron chi connectivity index (χ0n) is 14.5. The summed E-state index contributed by atoms with van der Waals surface area (Å²) >= 11 is 1.18. The van der Waals surface area contributed by atoms with Crippen LogP contribution in [0, 0.1) is 0 Å². The highest BCUT2D eigenvalue weighted by atomic mass is 32.1. The monoisotopic (exact) mass is 386 g/mol. The zero-order chi connectivity index (χ0) is 19.3. The molecule has 3 amide bonds. The number of nitrogens with zero attached hydrogens (tertiary/aromatic N) is 2. The van der Waals surface area contributed by atoms with Crippen LogP contribution in [0.2, 0.25) is 0 Å². The average molecular weight is 386 g/mol. The second-order valence-corrected chi connectivity index (χ2v) is 7.36. The molecule has 0 radical (unpaired) electrons. The van der Waals surface area contributed by atoms with Gasteiger partial charge in [0.2, 0.25) is 0 Å². The summed E-state index contributed by atoms with van der Waals surface area (Å²) < 4.78 is 0. The molecule has 0 atom stereocenters. The van der Waals surface area contributed by atoms with Crippen molar-refractivity contribution in [1.29, 1.82) is 0 Å². The topological polar surface area (TPSA) is 88.3 Å². The Kier molecular flexibility index (Phi) is 3.63. The Morgan fingerprint density at radius 1 is 1.00 bits per heavy atom. The van der Waals surface area contributed by atoms with Crippen LogP contribution in [0.4, 0.5) is 21.9 Å². The van der Waals surface area contributed by atoms with E-state index in [9.17, 15) is 9.59 Å². The minimum atomic E-state index is -0.579. The molecule has 4 aromatic rings. The molecule has 136 valence electrons.